The summed E-state index contributed by atoms with van der Waals surface area (Å²) in [6.07, 6.45) is -4.45. The van der Waals surface area contributed by atoms with Gasteiger partial charge in [0.25, 0.3) is 0 Å². The minimum absolute atomic E-state index is 0.0434. The number of benzene rings is 2. The number of rotatable bonds is 5. The number of nitrogens with zero attached hydrogens (tertiary/aromatic N) is 1. The van der Waals surface area contributed by atoms with E-state index in [9.17, 15) is 18.0 Å². The Bertz CT molecular complexity index is 1130. The summed E-state index contributed by atoms with van der Waals surface area (Å²) in [5.41, 5.74) is 1.22. The fourth-order valence-corrected chi connectivity index (χ4v) is 3.35. The van der Waals surface area contributed by atoms with Crippen molar-refractivity contribution in [2.24, 2.45) is 0 Å². The highest BCUT2D eigenvalue weighted by Crippen LogP contribution is 2.35. The van der Waals surface area contributed by atoms with Crippen molar-refractivity contribution in [1.82, 2.24) is 4.98 Å². The monoisotopic (exact) mass is 443 g/mol. The van der Waals surface area contributed by atoms with Crippen molar-refractivity contribution in [2.75, 3.05) is 6.61 Å². The van der Waals surface area contributed by atoms with Crippen molar-refractivity contribution >= 4 is 6.29 Å². The second-order valence-corrected chi connectivity index (χ2v) is 7.76. The van der Waals surface area contributed by atoms with Crippen molar-refractivity contribution in [1.29, 1.82) is 0 Å². The Labute approximate surface area is 182 Å². The van der Waals surface area contributed by atoms with Crippen LogP contribution >= 0.6 is 0 Å². The fraction of sp³-hybridized carbons (Fsp3) is 0.250. The van der Waals surface area contributed by atoms with Crippen LogP contribution in [0.3, 0.4) is 0 Å². The van der Waals surface area contributed by atoms with E-state index in [2.05, 4.69) is 4.98 Å². The van der Waals surface area contributed by atoms with Gasteiger partial charge in [0.2, 0.25) is 0 Å². The van der Waals surface area contributed by atoms with Crippen molar-refractivity contribution in [3.05, 3.63) is 77.5 Å². The standard InChI is InChI=1S/C24H20F3NO4/c1-23(2)30-14-22(32-23)20-5-3-4-19(28-20)15-6-9-18(10-7-15)31-21-11-8-17(24(25,26)27)12-16(21)13-29/h3-13,22H,14H2,1-2H3/t22-/m1/s1. The number of alkyl halides is 3. The van der Waals surface area contributed by atoms with Crippen LogP contribution in [-0.2, 0) is 15.7 Å². The van der Waals surface area contributed by atoms with Gasteiger partial charge in [0.05, 0.1) is 29.1 Å². The lowest BCUT2D eigenvalue weighted by Crippen LogP contribution is -2.19. The molecule has 0 amide bonds. The van der Waals surface area contributed by atoms with Crippen molar-refractivity contribution in [3.63, 3.8) is 0 Å². The molecule has 166 valence electrons. The molecule has 1 aromatic heterocycles. The number of aromatic nitrogens is 1. The number of pyridine rings is 1. The third-order valence-electron chi connectivity index (χ3n) is 4.95. The van der Waals surface area contributed by atoms with Gasteiger partial charge in [-0.1, -0.05) is 6.07 Å². The Hall–Kier alpha value is -3.23. The van der Waals surface area contributed by atoms with E-state index in [4.69, 9.17) is 14.2 Å². The highest BCUT2D eigenvalue weighted by molar-refractivity contribution is 5.80. The number of hydrogen-bond donors (Lipinski definition) is 0. The van der Waals surface area contributed by atoms with Gasteiger partial charge in [0.1, 0.15) is 17.6 Å². The summed E-state index contributed by atoms with van der Waals surface area (Å²) in [7, 11) is 0. The number of aldehydes is 1. The van der Waals surface area contributed by atoms with E-state index in [1.54, 1.807) is 24.3 Å². The lowest BCUT2D eigenvalue weighted by Gasteiger charge is -2.17. The number of hydrogen-bond acceptors (Lipinski definition) is 5. The molecule has 1 aliphatic rings. The lowest BCUT2D eigenvalue weighted by molar-refractivity contribution is -0.139. The van der Waals surface area contributed by atoms with Crippen molar-refractivity contribution in [2.45, 2.75) is 31.9 Å². The first-order chi connectivity index (χ1) is 15.1. The molecule has 0 N–H and O–H groups in total. The van der Waals surface area contributed by atoms with Gasteiger partial charge in [-0.25, -0.2) is 4.98 Å². The molecule has 32 heavy (non-hydrogen) atoms. The number of carbonyl (C=O) groups is 1. The second kappa shape index (κ2) is 8.37. The normalized spacial score (nSPS) is 17.8. The van der Waals surface area contributed by atoms with E-state index in [0.717, 1.165) is 35.2 Å². The van der Waals surface area contributed by atoms with Crippen LogP contribution in [0.25, 0.3) is 11.3 Å². The third kappa shape index (κ3) is 4.81. The molecule has 4 rings (SSSR count). The minimum Gasteiger partial charge on any atom is -0.457 e. The van der Waals surface area contributed by atoms with Gasteiger partial charge in [-0.15, -0.1) is 0 Å². The first kappa shape index (κ1) is 22.0. The summed E-state index contributed by atoms with van der Waals surface area (Å²) < 4.78 is 55.7. The lowest BCUT2D eigenvalue weighted by atomic mass is 10.1. The smallest absolute Gasteiger partial charge is 0.416 e. The summed E-state index contributed by atoms with van der Waals surface area (Å²) in [6.45, 7) is 4.12. The summed E-state index contributed by atoms with van der Waals surface area (Å²) in [5.74, 6) is -0.232. The SMILES string of the molecule is CC1(C)OC[C@H](c2cccc(-c3ccc(Oc4ccc(C(F)(F)F)cc4C=O)cc3)n2)O1. The third-order valence-corrected chi connectivity index (χ3v) is 4.95. The molecule has 1 fully saturated rings. The van der Waals surface area contributed by atoms with Crippen LogP contribution in [0.2, 0.25) is 0 Å². The number of halogens is 3. The fourth-order valence-electron chi connectivity index (χ4n) is 3.35. The number of ether oxygens (including phenoxy) is 3. The Kier molecular flexibility index (Phi) is 5.75. The van der Waals surface area contributed by atoms with Crippen molar-refractivity contribution < 1.29 is 32.2 Å². The predicted octanol–water partition coefficient (Wildman–Crippen LogP) is 6.20. The van der Waals surface area contributed by atoms with Crippen LogP contribution in [0.4, 0.5) is 13.2 Å². The Morgan fingerprint density at radius 1 is 1.09 bits per heavy atom. The van der Waals surface area contributed by atoms with Crippen LogP contribution in [0.5, 0.6) is 11.5 Å². The van der Waals surface area contributed by atoms with Gasteiger partial charge in [0, 0.05) is 5.56 Å². The molecule has 0 unspecified atom stereocenters. The molecule has 3 aromatic rings. The molecule has 1 atom stereocenters. The minimum atomic E-state index is -4.54. The van der Waals surface area contributed by atoms with Crippen LogP contribution < -0.4 is 4.74 Å². The molecule has 8 heteroatoms. The van der Waals surface area contributed by atoms with E-state index < -0.39 is 17.5 Å². The summed E-state index contributed by atoms with van der Waals surface area (Å²) >= 11 is 0. The zero-order chi connectivity index (χ0) is 22.9. The van der Waals surface area contributed by atoms with E-state index >= 15 is 0 Å². The molecular formula is C24H20F3NO4. The quantitative estimate of drug-likeness (QED) is 0.440. The number of carbonyl (C=O) groups excluding carboxylic acids is 1. The molecule has 0 spiro atoms. The molecule has 0 radical (unpaired) electrons. The average molecular weight is 443 g/mol. The van der Waals surface area contributed by atoms with E-state index in [-0.39, 0.29) is 17.4 Å². The Morgan fingerprint density at radius 2 is 1.84 bits per heavy atom. The van der Waals surface area contributed by atoms with Crippen molar-refractivity contribution in [3.8, 4) is 22.8 Å². The van der Waals surface area contributed by atoms with E-state index in [1.807, 2.05) is 32.0 Å². The molecule has 2 aromatic carbocycles. The molecule has 0 bridgehead atoms. The zero-order valence-electron chi connectivity index (χ0n) is 17.3. The largest absolute Gasteiger partial charge is 0.457 e. The maximum atomic E-state index is 12.9. The maximum Gasteiger partial charge on any atom is 0.416 e. The first-order valence-corrected chi connectivity index (χ1v) is 9.88. The molecule has 1 saturated heterocycles. The van der Waals surface area contributed by atoms with Crippen LogP contribution in [0.15, 0.2) is 60.7 Å². The Balaban J connectivity index is 1.52. The second-order valence-electron chi connectivity index (χ2n) is 7.76. The molecule has 5 nitrogen and oxygen atoms in total. The molecule has 0 aliphatic carbocycles. The predicted molar refractivity (Wildman–Crippen MR) is 110 cm³/mol. The van der Waals surface area contributed by atoms with Gasteiger partial charge in [-0.3, -0.25) is 4.79 Å². The maximum absolute atomic E-state index is 12.9. The molecule has 1 aliphatic heterocycles. The molecular weight excluding hydrogens is 423 g/mol. The highest BCUT2D eigenvalue weighted by atomic mass is 19.4. The zero-order valence-corrected chi connectivity index (χ0v) is 17.3. The van der Waals surface area contributed by atoms with E-state index in [1.165, 1.54) is 0 Å². The molecule has 2 heterocycles. The summed E-state index contributed by atoms with van der Waals surface area (Å²) in [4.78, 5) is 15.9. The van der Waals surface area contributed by atoms with Crippen LogP contribution in [-0.4, -0.2) is 23.7 Å². The van der Waals surface area contributed by atoms with Gasteiger partial charge in [-0.05, 0) is 68.4 Å². The van der Waals surface area contributed by atoms with Crippen LogP contribution in [0.1, 0.15) is 41.6 Å². The highest BCUT2D eigenvalue weighted by Gasteiger charge is 2.34. The molecule has 0 saturated carbocycles. The summed E-state index contributed by atoms with van der Waals surface area (Å²) in [6, 6.07) is 15.3. The Morgan fingerprint density at radius 3 is 2.47 bits per heavy atom. The first-order valence-electron chi connectivity index (χ1n) is 9.88. The van der Waals surface area contributed by atoms with Gasteiger partial charge >= 0.3 is 6.18 Å². The van der Waals surface area contributed by atoms with Crippen LogP contribution in [0, 0.1) is 0 Å². The average Bonchev–Trinajstić information content (AvgIpc) is 3.13. The van der Waals surface area contributed by atoms with E-state index in [0.29, 0.717) is 18.6 Å². The van der Waals surface area contributed by atoms with Gasteiger partial charge in [0.15, 0.2) is 12.1 Å². The van der Waals surface area contributed by atoms with Gasteiger partial charge in [-0.2, -0.15) is 13.2 Å². The topological polar surface area (TPSA) is 57.7 Å². The van der Waals surface area contributed by atoms with Gasteiger partial charge < -0.3 is 14.2 Å². The summed E-state index contributed by atoms with van der Waals surface area (Å²) in [5, 5.41) is 0.